The molecule has 0 amide bonds. The highest BCUT2D eigenvalue weighted by atomic mass is 32.2. The number of sulfonamides is 1. The van der Waals surface area contributed by atoms with Crippen molar-refractivity contribution in [2.75, 3.05) is 13.1 Å². The molecule has 1 aromatic carbocycles. The average Bonchev–Trinajstić information content (AvgIpc) is 3.28. The van der Waals surface area contributed by atoms with Crippen molar-refractivity contribution in [2.45, 2.75) is 44.4 Å². The molecule has 5 heteroatoms. The molecular weight excluding hydrogens is 286 g/mol. The van der Waals surface area contributed by atoms with E-state index < -0.39 is 10.0 Å². The molecule has 0 aliphatic heterocycles. The number of carbonyl (C=O) groups is 1. The lowest BCUT2D eigenvalue weighted by atomic mass is 10.2. The Morgan fingerprint density at radius 3 is 2.38 bits per heavy atom. The van der Waals surface area contributed by atoms with Crippen molar-refractivity contribution < 1.29 is 13.2 Å². The van der Waals surface area contributed by atoms with Gasteiger partial charge in [0.2, 0.25) is 10.0 Å². The van der Waals surface area contributed by atoms with Crippen molar-refractivity contribution in [1.29, 1.82) is 0 Å². The molecule has 1 saturated carbocycles. The molecule has 0 atom stereocenters. The molecule has 0 heterocycles. The van der Waals surface area contributed by atoms with Gasteiger partial charge in [-0.1, -0.05) is 31.0 Å². The summed E-state index contributed by atoms with van der Waals surface area (Å²) in [6.45, 7) is 4.35. The number of hydrogen-bond donors (Lipinski definition) is 0. The van der Waals surface area contributed by atoms with Crippen molar-refractivity contribution in [2.24, 2.45) is 5.92 Å². The van der Waals surface area contributed by atoms with Gasteiger partial charge in [-0.2, -0.15) is 4.31 Å². The van der Waals surface area contributed by atoms with Gasteiger partial charge in [0.05, 0.1) is 11.4 Å². The van der Waals surface area contributed by atoms with E-state index in [1.165, 1.54) is 4.31 Å². The Kier molecular flexibility index (Phi) is 5.17. The molecular formula is C16H23NO3S. The fourth-order valence-electron chi connectivity index (χ4n) is 2.19. The van der Waals surface area contributed by atoms with Gasteiger partial charge in [-0.05, 0) is 38.3 Å². The van der Waals surface area contributed by atoms with Crippen LogP contribution in [-0.2, 0) is 14.8 Å². The molecule has 4 nitrogen and oxygen atoms in total. The van der Waals surface area contributed by atoms with E-state index in [1.54, 1.807) is 24.3 Å². The minimum atomic E-state index is -3.58. The monoisotopic (exact) mass is 309 g/mol. The average molecular weight is 309 g/mol. The number of unbranched alkanes of at least 4 members (excludes halogenated alkanes) is 1. The van der Waals surface area contributed by atoms with Gasteiger partial charge >= 0.3 is 0 Å². The molecule has 0 radical (unpaired) electrons. The normalized spacial score (nSPS) is 15.4. The highest BCUT2D eigenvalue weighted by molar-refractivity contribution is 7.89. The Bertz CT molecular complexity index is 588. The SMILES string of the molecule is CCCCN(CC(=O)C1CC1)S(=O)(=O)c1ccc(C)cc1. The zero-order chi connectivity index (χ0) is 15.5. The number of benzene rings is 1. The van der Waals surface area contributed by atoms with E-state index in [9.17, 15) is 13.2 Å². The first kappa shape index (κ1) is 16.2. The third-order valence-corrected chi connectivity index (χ3v) is 5.64. The lowest BCUT2D eigenvalue weighted by molar-refractivity contribution is -0.120. The minimum Gasteiger partial charge on any atom is -0.298 e. The summed E-state index contributed by atoms with van der Waals surface area (Å²) in [5.41, 5.74) is 1.02. The summed E-state index contributed by atoms with van der Waals surface area (Å²) in [5.74, 6) is 0.143. The number of Topliss-reactive ketones (excluding diaryl/α,β-unsaturated/α-hetero) is 1. The van der Waals surface area contributed by atoms with Crippen LogP contribution in [0, 0.1) is 12.8 Å². The molecule has 0 spiro atoms. The molecule has 116 valence electrons. The van der Waals surface area contributed by atoms with Crippen LogP contribution in [0.5, 0.6) is 0 Å². The van der Waals surface area contributed by atoms with E-state index in [-0.39, 0.29) is 23.1 Å². The Morgan fingerprint density at radius 2 is 1.86 bits per heavy atom. The predicted octanol–water partition coefficient (Wildman–Crippen LogP) is 2.76. The first-order valence-electron chi connectivity index (χ1n) is 7.54. The Balaban J connectivity index is 2.20. The van der Waals surface area contributed by atoms with Gasteiger partial charge in [-0.25, -0.2) is 8.42 Å². The molecule has 1 fully saturated rings. The van der Waals surface area contributed by atoms with Gasteiger partial charge in [-0.3, -0.25) is 4.79 Å². The quantitative estimate of drug-likeness (QED) is 0.742. The second-order valence-corrected chi connectivity index (χ2v) is 7.68. The van der Waals surface area contributed by atoms with Crippen LogP contribution in [0.3, 0.4) is 0 Å². The smallest absolute Gasteiger partial charge is 0.243 e. The largest absolute Gasteiger partial charge is 0.298 e. The Morgan fingerprint density at radius 1 is 1.24 bits per heavy atom. The molecule has 1 aliphatic rings. The molecule has 0 saturated heterocycles. The topological polar surface area (TPSA) is 54.5 Å². The van der Waals surface area contributed by atoms with E-state index in [1.807, 2.05) is 13.8 Å². The molecule has 1 aromatic rings. The lowest BCUT2D eigenvalue weighted by Gasteiger charge is -2.21. The van der Waals surface area contributed by atoms with Crippen LogP contribution in [0.2, 0.25) is 0 Å². The zero-order valence-corrected chi connectivity index (χ0v) is 13.5. The number of ketones is 1. The number of aryl methyl sites for hydroxylation is 1. The van der Waals surface area contributed by atoms with Gasteiger partial charge < -0.3 is 0 Å². The molecule has 0 bridgehead atoms. The van der Waals surface area contributed by atoms with Gasteiger partial charge in [0.15, 0.2) is 5.78 Å². The molecule has 21 heavy (non-hydrogen) atoms. The van der Waals surface area contributed by atoms with Crippen LogP contribution in [0.25, 0.3) is 0 Å². The maximum atomic E-state index is 12.7. The minimum absolute atomic E-state index is 0.0148. The van der Waals surface area contributed by atoms with E-state index in [4.69, 9.17) is 0 Å². The highest BCUT2D eigenvalue weighted by Crippen LogP contribution is 2.30. The first-order valence-corrected chi connectivity index (χ1v) is 8.98. The molecule has 0 aromatic heterocycles. The third-order valence-electron chi connectivity index (χ3n) is 3.78. The second kappa shape index (κ2) is 6.71. The fourth-order valence-corrected chi connectivity index (χ4v) is 3.63. The molecule has 2 rings (SSSR count). The summed E-state index contributed by atoms with van der Waals surface area (Å²) in [7, 11) is -3.58. The van der Waals surface area contributed by atoms with Gasteiger partial charge in [-0.15, -0.1) is 0 Å². The third kappa shape index (κ3) is 4.14. The van der Waals surface area contributed by atoms with E-state index in [0.717, 1.165) is 31.2 Å². The van der Waals surface area contributed by atoms with E-state index in [2.05, 4.69) is 0 Å². The molecule has 1 aliphatic carbocycles. The first-order chi connectivity index (χ1) is 9.95. The van der Waals surface area contributed by atoms with Gasteiger partial charge in [0.1, 0.15) is 0 Å². The maximum Gasteiger partial charge on any atom is 0.243 e. The summed E-state index contributed by atoms with van der Waals surface area (Å²) < 4.78 is 26.8. The fraction of sp³-hybridized carbons (Fsp3) is 0.562. The molecule has 0 unspecified atom stereocenters. The van der Waals surface area contributed by atoms with Crippen LogP contribution in [0.1, 0.15) is 38.2 Å². The van der Waals surface area contributed by atoms with Crippen LogP contribution in [-0.4, -0.2) is 31.6 Å². The van der Waals surface area contributed by atoms with Crippen molar-refractivity contribution >= 4 is 15.8 Å². The Labute approximate surface area is 127 Å². The molecule has 0 N–H and O–H groups in total. The van der Waals surface area contributed by atoms with Crippen LogP contribution < -0.4 is 0 Å². The van der Waals surface area contributed by atoms with Crippen LogP contribution >= 0.6 is 0 Å². The summed E-state index contributed by atoms with van der Waals surface area (Å²) in [6, 6.07) is 6.80. The number of carbonyl (C=O) groups excluding carboxylic acids is 1. The summed E-state index contributed by atoms with van der Waals surface area (Å²) in [6.07, 6.45) is 3.48. The van der Waals surface area contributed by atoms with Crippen LogP contribution in [0.15, 0.2) is 29.2 Å². The second-order valence-electron chi connectivity index (χ2n) is 5.75. The number of rotatable bonds is 8. The predicted molar refractivity (Wildman–Crippen MR) is 82.6 cm³/mol. The van der Waals surface area contributed by atoms with Gasteiger partial charge in [0.25, 0.3) is 0 Å². The number of hydrogen-bond acceptors (Lipinski definition) is 3. The maximum absolute atomic E-state index is 12.7. The van der Waals surface area contributed by atoms with Crippen LogP contribution in [0.4, 0.5) is 0 Å². The van der Waals surface area contributed by atoms with E-state index >= 15 is 0 Å². The summed E-state index contributed by atoms with van der Waals surface area (Å²) in [5, 5.41) is 0. The zero-order valence-electron chi connectivity index (χ0n) is 12.7. The van der Waals surface area contributed by atoms with Crippen molar-refractivity contribution in [3.8, 4) is 0 Å². The van der Waals surface area contributed by atoms with E-state index in [0.29, 0.717) is 6.54 Å². The summed E-state index contributed by atoms with van der Waals surface area (Å²) >= 11 is 0. The van der Waals surface area contributed by atoms with Crippen molar-refractivity contribution in [3.05, 3.63) is 29.8 Å². The van der Waals surface area contributed by atoms with Crippen molar-refractivity contribution in [1.82, 2.24) is 4.31 Å². The summed E-state index contributed by atoms with van der Waals surface area (Å²) in [4.78, 5) is 12.3. The number of nitrogens with zero attached hydrogens (tertiary/aromatic N) is 1. The van der Waals surface area contributed by atoms with Crippen molar-refractivity contribution in [3.63, 3.8) is 0 Å². The lowest BCUT2D eigenvalue weighted by Crippen LogP contribution is -2.37. The standard InChI is InChI=1S/C16H23NO3S/c1-3-4-11-17(12-16(18)14-7-8-14)21(19,20)15-9-5-13(2)6-10-15/h5-6,9-10,14H,3-4,7-8,11-12H2,1-2H3. The highest BCUT2D eigenvalue weighted by Gasteiger charge is 2.33. The Hall–Kier alpha value is -1.20. The van der Waals surface area contributed by atoms with Gasteiger partial charge in [0, 0.05) is 12.5 Å².